The lowest BCUT2D eigenvalue weighted by molar-refractivity contribution is 0.101. The van der Waals surface area contributed by atoms with Gasteiger partial charge in [-0.05, 0) is 59.3 Å². The second-order valence-electron chi connectivity index (χ2n) is 4.01. The minimum Gasteiger partial charge on any atom is -0.322 e. The van der Waals surface area contributed by atoms with Crippen LogP contribution in [0.3, 0.4) is 0 Å². The van der Waals surface area contributed by atoms with Gasteiger partial charge < -0.3 is 5.32 Å². The molecular formula is C14H10F2INO. The lowest BCUT2D eigenvalue weighted by Gasteiger charge is -2.10. The number of carbonyl (C=O) groups excluding carboxylic acids is 1. The predicted molar refractivity (Wildman–Crippen MR) is 78.2 cm³/mol. The molecule has 1 amide bonds. The number of anilines is 1. The molecule has 0 aliphatic rings. The molecule has 0 saturated heterocycles. The van der Waals surface area contributed by atoms with E-state index in [1.807, 2.05) is 19.1 Å². The third-order valence-corrected chi connectivity index (χ3v) is 3.31. The molecule has 0 heterocycles. The van der Waals surface area contributed by atoms with Crippen molar-refractivity contribution in [3.63, 3.8) is 0 Å². The Labute approximate surface area is 123 Å². The Kier molecular flexibility index (Phi) is 4.14. The minimum atomic E-state index is -0.874. The Morgan fingerprint density at radius 2 is 1.79 bits per heavy atom. The molecular weight excluding hydrogens is 363 g/mol. The Balaban J connectivity index is 2.34. The number of amides is 1. The zero-order valence-corrected chi connectivity index (χ0v) is 12.2. The molecule has 98 valence electrons. The highest BCUT2D eigenvalue weighted by molar-refractivity contribution is 14.1. The van der Waals surface area contributed by atoms with Crippen LogP contribution in [0.4, 0.5) is 14.5 Å². The fraction of sp³-hybridized carbons (Fsp3) is 0.0714. The molecule has 2 nitrogen and oxygen atoms in total. The molecule has 2 aromatic carbocycles. The van der Waals surface area contributed by atoms with Crippen molar-refractivity contribution in [2.45, 2.75) is 6.92 Å². The van der Waals surface area contributed by atoms with E-state index in [-0.39, 0.29) is 0 Å². The van der Waals surface area contributed by atoms with E-state index in [1.54, 1.807) is 6.07 Å². The van der Waals surface area contributed by atoms with Gasteiger partial charge in [-0.2, -0.15) is 0 Å². The van der Waals surface area contributed by atoms with E-state index in [4.69, 9.17) is 0 Å². The van der Waals surface area contributed by atoms with Gasteiger partial charge in [-0.1, -0.05) is 12.1 Å². The molecule has 0 saturated carbocycles. The minimum absolute atomic E-state index is 0.541. The first-order valence-electron chi connectivity index (χ1n) is 5.50. The highest BCUT2D eigenvalue weighted by Crippen LogP contribution is 2.20. The first kappa shape index (κ1) is 13.9. The highest BCUT2D eigenvalue weighted by Gasteiger charge is 2.17. The number of benzene rings is 2. The normalized spacial score (nSPS) is 10.3. The number of halogens is 3. The molecule has 19 heavy (non-hydrogen) atoms. The SMILES string of the molecule is Cc1ccc(I)cc1NC(=O)c1c(F)cccc1F. The molecule has 0 spiro atoms. The van der Waals surface area contributed by atoms with Crippen LogP contribution in [0.15, 0.2) is 36.4 Å². The molecule has 0 aliphatic heterocycles. The number of aryl methyl sites for hydroxylation is 1. The number of carbonyl (C=O) groups is 1. The maximum Gasteiger partial charge on any atom is 0.261 e. The molecule has 0 atom stereocenters. The summed E-state index contributed by atoms with van der Waals surface area (Å²) in [6.07, 6.45) is 0. The third kappa shape index (κ3) is 3.09. The van der Waals surface area contributed by atoms with Crippen molar-refractivity contribution in [3.8, 4) is 0 Å². The Hall–Kier alpha value is -1.50. The largest absolute Gasteiger partial charge is 0.322 e. The van der Waals surface area contributed by atoms with Gasteiger partial charge in [0.2, 0.25) is 0 Å². The first-order valence-corrected chi connectivity index (χ1v) is 6.58. The van der Waals surface area contributed by atoms with Crippen molar-refractivity contribution >= 4 is 34.2 Å². The molecule has 5 heteroatoms. The van der Waals surface area contributed by atoms with Crippen molar-refractivity contribution in [2.75, 3.05) is 5.32 Å². The average molecular weight is 373 g/mol. The van der Waals surface area contributed by atoms with Crippen LogP contribution >= 0.6 is 22.6 Å². The van der Waals surface area contributed by atoms with Crippen LogP contribution in [0.2, 0.25) is 0 Å². The fourth-order valence-electron chi connectivity index (χ4n) is 1.63. The van der Waals surface area contributed by atoms with E-state index < -0.39 is 23.1 Å². The van der Waals surface area contributed by atoms with E-state index in [0.29, 0.717) is 5.69 Å². The van der Waals surface area contributed by atoms with Crippen molar-refractivity contribution in [1.29, 1.82) is 0 Å². The van der Waals surface area contributed by atoms with Crippen molar-refractivity contribution in [2.24, 2.45) is 0 Å². The summed E-state index contributed by atoms with van der Waals surface area (Å²) in [5, 5.41) is 2.53. The summed E-state index contributed by atoms with van der Waals surface area (Å²) < 4.78 is 27.9. The molecule has 1 N–H and O–H groups in total. The number of hydrogen-bond donors (Lipinski definition) is 1. The molecule has 0 bridgehead atoms. The topological polar surface area (TPSA) is 29.1 Å². The van der Waals surface area contributed by atoms with E-state index in [0.717, 1.165) is 21.3 Å². The quantitative estimate of drug-likeness (QED) is 0.789. The second kappa shape index (κ2) is 5.64. The van der Waals surface area contributed by atoms with E-state index >= 15 is 0 Å². The Morgan fingerprint density at radius 3 is 2.42 bits per heavy atom. The second-order valence-corrected chi connectivity index (χ2v) is 5.26. The molecule has 0 aliphatic carbocycles. The summed E-state index contributed by atoms with van der Waals surface area (Å²) in [7, 11) is 0. The van der Waals surface area contributed by atoms with Crippen LogP contribution in [-0.2, 0) is 0 Å². The van der Waals surface area contributed by atoms with Crippen LogP contribution in [-0.4, -0.2) is 5.91 Å². The molecule has 0 aromatic heterocycles. The predicted octanol–water partition coefficient (Wildman–Crippen LogP) is 4.13. The van der Waals surface area contributed by atoms with Gasteiger partial charge in [-0.15, -0.1) is 0 Å². The average Bonchev–Trinajstić information content (AvgIpc) is 2.33. The Morgan fingerprint density at radius 1 is 1.16 bits per heavy atom. The van der Waals surface area contributed by atoms with Crippen molar-refractivity contribution in [3.05, 3.63) is 62.7 Å². The summed E-state index contributed by atoms with van der Waals surface area (Å²) in [6, 6.07) is 8.79. The summed E-state index contributed by atoms with van der Waals surface area (Å²) >= 11 is 2.10. The van der Waals surface area contributed by atoms with Crippen LogP contribution in [0.1, 0.15) is 15.9 Å². The van der Waals surface area contributed by atoms with Crippen LogP contribution in [0.25, 0.3) is 0 Å². The van der Waals surface area contributed by atoms with Gasteiger partial charge in [0.15, 0.2) is 0 Å². The molecule has 0 radical (unpaired) electrons. The zero-order valence-electron chi connectivity index (χ0n) is 10.0. The van der Waals surface area contributed by atoms with Gasteiger partial charge in [0.05, 0.1) is 0 Å². The van der Waals surface area contributed by atoms with Gasteiger partial charge in [-0.25, -0.2) is 8.78 Å². The fourth-order valence-corrected chi connectivity index (χ4v) is 2.12. The van der Waals surface area contributed by atoms with Crippen molar-refractivity contribution < 1.29 is 13.6 Å². The lowest BCUT2D eigenvalue weighted by Crippen LogP contribution is -2.16. The monoisotopic (exact) mass is 373 g/mol. The van der Waals surface area contributed by atoms with Crippen molar-refractivity contribution in [1.82, 2.24) is 0 Å². The highest BCUT2D eigenvalue weighted by atomic mass is 127. The molecule has 0 unspecified atom stereocenters. The summed E-state index contributed by atoms with van der Waals surface area (Å²) in [5.74, 6) is -2.54. The summed E-state index contributed by atoms with van der Waals surface area (Å²) in [5.41, 5.74) is 0.797. The van der Waals surface area contributed by atoms with Crippen LogP contribution in [0.5, 0.6) is 0 Å². The van der Waals surface area contributed by atoms with Gasteiger partial charge in [0.1, 0.15) is 17.2 Å². The number of nitrogens with one attached hydrogen (secondary N) is 1. The van der Waals surface area contributed by atoms with Gasteiger partial charge in [-0.3, -0.25) is 4.79 Å². The standard InChI is InChI=1S/C14H10F2INO/c1-8-5-6-9(17)7-12(8)18-14(19)13-10(15)3-2-4-11(13)16/h2-7H,1H3,(H,18,19). The van der Waals surface area contributed by atoms with Crippen LogP contribution < -0.4 is 5.32 Å². The maximum absolute atomic E-state index is 13.5. The van der Waals surface area contributed by atoms with Gasteiger partial charge in [0.25, 0.3) is 5.91 Å². The number of rotatable bonds is 2. The maximum atomic E-state index is 13.5. The smallest absolute Gasteiger partial charge is 0.261 e. The summed E-state index contributed by atoms with van der Waals surface area (Å²) in [6.45, 7) is 1.81. The van der Waals surface area contributed by atoms with E-state index in [9.17, 15) is 13.6 Å². The Bertz CT molecular complexity index is 623. The number of hydrogen-bond acceptors (Lipinski definition) is 1. The van der Waals surface area contributed by atoms with Gasteiger partial charge in [0, 0.05) is 9.26 Å². The molecule has 2 rings (SSSR count). The van der Waals surface area contributed by atoms with Gasteiger partial charge >= 0.3 is 0 Å². The third-order valence-electron chi connectivity index (χ3n) is 2.64. The van der Waals surface area contributed by atoms with E-state index in [1.165, 1.54) is 6.07 Å². The summed E-state index contributed by atoms with van der Waals surface area (Å²) in [4.78, 5) is 11.9. The zero-order chi connectivity index (χ0) is 14.0. The lowest BCUT2D eigenvalue weighted by atomic mass is 10.1. The molecule has 0 fully saturated rings. The first-order chi connectivity index (χ1) is 8.99. The van der Waals surface area contributed by atoms with Crippen LogP contribution in [0, 0.1) is 22.1 Å². The van der Waals surface area contributed by atoms with E-state index in [2.05, 4.69) is 27.9 Å². The molecule has 2 aromatic rings.